The molecule has 18 heavy (non-hydrogen) atoms. The van der Waals surface area contributed by atoms with E-state index in [0.29, 0.717) is 16.4 Å². The molecule has 1 aromatic rings. The fourth-order valence-electron chi connectivity index (χ4n) is 2.28. The number of hydrogen-bond acceptors (Lipinski definition) is 2. The Bertz CT molecular complexity index is 425. The zero-order valence-corrected chi connectivity index (χ0v) is 13.2. The molecule has 2 rings (SSSR count). The molecule has 0 radical (unpaired) electrons. The minimum atomic E-state index is -0.0980. The zero-order valence-electron chi connectivity index (χ0n) is 10.0. The van der Waals surface area contributed by atoms with E-state index in [1.807, 2.05) is 6.07 Å². The number of alkyl halides is 1. The lowest BCUT2D eigenvalue weighted by atomic mass is 9.89. The van der Waals surface area contributed by atoms with Crippen molar-refractivity contribution >= 4 is 37.8 Å². The molecule has 1 amide bonds. The second-order valence-electron chi connectivity index (χ2n) is 4.67. The minimum Gasteiger partial charge on any atom is -0.350 e. The number of pyridine rings is 1. The summed E-state index contributed by atoms with van der Waals surface area (Å²) in [5.74, 6) is 0.480. The first kappa shape index (κ1) is 14.0. The second kappa shape index (κ2) is 6.66. The van der Waals surface area contributed by atoms with Crippen LogP contribution >= 0.6 is 31.9 Å². The Labute approximate surface area is 124 Å². The second-order valence-corrected chi connectivity index (χ2v) is 6.82. The maximum Gasteiger partial charge on any atom is 0.271 e. The minimum absolute atomic E-state index is 0.0980. The van der Waals surface area contributed by atoms with E-state index in [9.17, 15) is 4.79 Å². The molecular weight excluding hydrogens is 360 g/mol. The highest BCUT2D eigenvalue weighted by Crippen LogP contribution is 2.28. The lowest BCUT2D eigenvalue weighted by Crippen LogP contribution is -2.32. The van der Waals surface area contributed by atoms with Gasteiger partial charge in [0.25, 0.3) is 5.91 Å². The summed E-state index contributed by atoms with van der Waals surface area (Å²) in [5.41, 5.74) is 0.462. The van der Waals surface area contributed by atoms with Crippen molar-refractivity contribution in [3.8, 4) is 0 Å². The van der Waals surface area contributed by atoms with Gasteiger partial charge in [0.15, 0.2) is 0 Å². The molecule has 0 bridgehead atoms. The van der Waals surface area contributed by atoms with E-state index in [-0.39, 0.29) is 5.91 Å². The number of carbonyl (C=O) groups excluding carboxylic acids is 1. The molecule has 0 aromatic carbocycles. The van der Waals surface area contributed by atoms with E-state index in [2.05, 4.69) is 42.2 Å². The Balaban J connectivity index is 1.87. The first-order valence-corrected chi connectivity index (χ1v) is 7.90. The predicted octanol–water partition coefficient (Wildman–Crippen LogP) is 3.53. The van der Waals surface area contributed by atoms with E-state index in [1.165, 1.54) is 19.3 Å². The van der Waals surface area contributed by atoms with Gasteiger partial charge >= 0.3 is 0 Å². The number of amides is 1. The van der Waals surface area contributed by atoms with Gasteiger partial charge in [0.05, 0.1) is 0 Å². The van der Waals surface area contributed by atoms with Crippen molar-refractivity contribution < 1.29 is 4.79 Å². The summed E-state index contributed by atoms with van der Waals surface area (Å²) >= 11 is 7.00. The van der Waals surface area contributed by atoms with Gasteiger partial charge in [-0.1, -0.05) is 22.4 Å². The standard InChI is InChI=1S/C13H16Br2N2O/c14-10-4-1-3-9(7-10)8-17-13(18)12-11(15)5-2-6-16-12/h2,5-6,9-10H,1,3-4,7-8H2,(H,17,18). The van der Waals surface area contributed by atoms with E-state index < -0.39 is 0 Å². The van der Waals surface area contributed by atoms with E-state index in [0.717, 1.165) is 17.4 Å². The topological polar surface area (TPSA) is 42.0 Å². The van der Waals surface area contributed by atoms with Crippen molar-refractivity contribution in [3.05, 3.63) is 28.5 Å². The van der Waals surface area contributed by atoms with E-state index >= 15 is 0 Å². The lowest BCUT2D eigenvalue weighted by molar-refractivity contribution is 0.0938. The number of halogens is 2. The fraction of sp³-hybridized carbons (Fsp3) is 0.538. The smallest absolute Gasteiger partial charge is 0.271 e. The SMILES string of the molecule is O=C(NCC1CCCC(Br)C1)c1ncccc1Br. The highest BCUT2D eigenvalue weighted by atomic mass is 79.9. The summed E-state index contributed by atoms with van der Waals surface area (Å²) in [6.45, 7) is 0.740. The van der Waals surface area contributed by atoms with Gasteiger partial charge < -0.3 is 5.32 Å². The Morgan fingerprint density at radius 1 is 1.50 bits per heavy atom. The maximum absolute atomic E-state index is 12.0. The summed E-state index contributed by atoms with van der Waals surface area (Å²) in [4.78, 5) is 16.7. The van der Waals surface area contributed by atoms with Crippen molar-refractivity contribution in [3.63, 3.8) is 0 Å². The third-order valence-electron chi connectivity index (χ3n) is 3.24. The Hall–Kier alpha value is -0.420. The van der Waals surface area contributed by atoms with Crippen LogP contribution in [0.25, 0.3) is 0 Å². The van der Waals surface area contributed by atoms with E-state index in [1.54, 1.807) is 12.3 Å². The number of hydrogen-bond donors (Lipinski definition) is 1. The number of aromatic nitrogens is 1. The van der Waals surface area contributed by atoms with Gasteiger partial charge in [-0.15, -0.1) is 0 Å². The normalized spacial score (nSPS) is 23.7. The third-order valence-corrected chi connectivity index (χ3v) is 4.72. The van der Waals surface area contributed by atoms with Crippen LogP contribution in [0.3, 0.4) is 0 Å². The van der Waals surface area contributed by atoms with Crippen LogP contribution in [0.2, 0.25) is 0 Å². The van der Waals surface area contributed by atoms with Crippen LogP contribution in [-0.4, -0.2) is 22.3 Å². The van der Waals surface area contributed by atoms with Crippen molar-refractivity contribution in [1.82, 2.24) is 10.3 Å². The van der Waals surface area contributed by atoms with Crippen LogP contribution in [-0.2, 0) is 0 Å². The molecule has 1 heterocycles. The summed E-state index contributed by atoms with van der Waals surface area (Å²) in [6.07, 6.45) is 6.46. The molecule has 1 N–H and O–H groups in total. The van der Waals surface area contributed by atoms with Gasteiger partial charge in [-0.3, -0.25) is 4.79 Å². The molecule has 0 aliphatic heterocycles. The molecule has 2 unspecified atom stereocenters. The average Bonchev–Trinajstić information content (AvgIpc) is 2.37. The van der Waals surface area contributed by atoms with Gasteiger partial charge in [0, 0.05) is 22.0 Å². The van der Waals surface area contributed by atoms with Gasteiger partial charge in [-0.05, 0) is 53.2 Å². The Morgan fingerprint density at radius 2 is 2.33 bits per heavy atom. The van der Waals surface area contributed by atoms with Crippen LogP contribution < -0.4 is 5.32 Å². The third kappa shape index (κ3) is 3.79. The van der Waals surface area contributed by atoms with Gasteiger partial charge in [-0.25, -0.2) is 4.98 Å². The molecule has 0 spiro atoms. The van der Waals surface area contributed by atoms with Gasteiger partial charge in [0.1, 0.15) is 5.69 Å². The van der Waals surface area contributed by atoms with Crippen molar-refractivity contribution in [2.24, 2.45) is 5.92 Å². The first-order valence-electron chi connectivity index (χ1n) is 6.19. The van der Waals surface area contributed by atoms with Crippen molar-refractivity contribution in [2.45, 2.75) is 30.5 Å². The molecule has 98 valence electrons. The van der Waals surface area contributed by atoms with Crippen LogP contribution in [0.1, 0.15) is 36.2 Å². The fourth-order valence-corrected chi connectivity index (χ4v) is 3.57. The van der Waals surface area contributed by atoms with Gasteiger partial charge in [-0.2, -0.15) is 0 Å². The largest absolute Gasteiger partial charge is 0.350 e. The summed E-state index contributed by atoms with van der Waals surface area (Å²) in [6, 6.07) is 3.63. The Morgan fingerprint density at radius 3 is 3.06 bits per heavy atom. The van der Waals surface area contributed by atoms with Crippen LogP contribution in [0.4, 0.5) is 0 Å². The molecule has 1 aliphatic carbocycles. The van der Waals surface area contributed by atoms with Crippen molar-refractivity contribution in [1.29, 1.82) is 0 Å². The zero-order chi connectivity index (χ0) is 13.0. The van der Waals surface area contributed by atoms with Crippen molar-refractivity contribution in [2.75, 3.05) is 6.54 Å². The molecule has 3 nitrogen and oxygen atoms in total. The summed E-state index contributed by atoms with van der Waals surface area (Å²) in [7, 11) is 0. The molecule has 1 fully saturated rings. The number of rotatable bonds is 3. The number of nitrogens with one attached hydrogen (secondary N) is 1. The molecule has 0 saturated heterocycles. The van der Waals surface area contributed by atoms with Crippen LogP contribution in [0, 0.1) is 5.92 Å². The Kier molecular flexibility index (Phi) is 5.18. The molecular formula is C13H16Br2N2O. The molecule has 1 saturated carbocycles. The quantitative estimate of drug-likeness (QED) is 0.821. The summed E-state index contributed by atoms with van der Waals surface area (Å²) in [5, 5.41) is 2.98. The first-order chi connectivity index (χ1) is 8.66. The highest BCUT2D eigenvalue weighted by molar-refractivity contribution is 9.10. The molecule has 2 atom stereocenters. The van der Waals surface area contributed by atoms with Crippen LogP contribution in [0.5, 0.6) is 0 Å². The van der Waals surface area contributed by atoms with E-state index in [4.69, 9.17) is 0 Å². The predicted molar refractivity (Wildman–Crippen MR) is 78.9 cm³/mol. The van der Waals surface area contributed by atoms with Crippen LogP contribution in [0.15, 0.2) is 22.8 Å². The lowest BCUT2D eigenvalue weighted by Gasteiger charge is -2.25. The van der Waals surface area contributed by atoms with Gasteiger partial charge in [0.2, 0.25) is 0 Å². The monoisotopic (exact) mass is 374 g/mol. The highest BCUT2D eigenvalue weighted by Gasteiger charge is 2.21. The summed E-state index contributed by atoms with van der Waals surface area (Å²) < 4.78 is 0.740. The molecule has 5 heteroatoms. The maximum atomic E-state index is 12.0. The molecule has 1 aromatic heterocycles. The number of carbonyl (C=O) groups is 1. The average molecular weight is 376 g/mol. The number of nitrogens with zero attached hydrogens (tertiary/aromatic N) is 1. The molecule has 1 aliphatic rings.